The zero-order chi connectivity index (χ0) is 101. The van der Waals surface area contributed by atoms with E-state index in [9.17, 15) is 0 Å². The molecule has 0 N–H and O–H groups in total. The second kappa shape index (κ2) is 45.4. The molecule has 0 saturated carbocycles. The Morgan fingerprint density at radius 3 is 0.242 bits per heavy atom. The summed E-state index contributed by atoms with van der Waals surface area (Å²) >= 11 is 4.72. The van der Waals surface area contributed by atoms with Crippen LogP contribution in [0.2, 0.25) is 0 Å². The van der Waals surface area contributed by atoms with E-state index in [1.807, 2.05) is 0 Å². The van der Waals surface area contributed by atoms with E-state index in [0.29, 0.717) is 0 Å². The third-order valence-corrected chi connectivity index (χ3v) is 29.2. The van der Waals surface area contributed by atoms with Crippen LogP contribution in [0.25, 0.3) is 89.0 Å². The van der Waals surface area contributed by atoms with Crippen molar-refractivity contribution in [3.8, 4) is 89.0 Å². The predicted molar refractivity (Wildman–Crippen MR) is 655 cm³/mol. The van der Waals surface area contributed by atoms with Crippen molar-refractivity contribution in [2.24, 2.45) is 0 Å². The quantitative estimate of drug-likeness (QED) is 0.0500. The molecule has 0 spiro atoms. The average Bonchev–Trinajstić information content (AvgIpc) is 0.803. The standard InChI is InChI=1S/C71H59N3.C69H53I2N3.CH4/c1-50-6-16-55(17-7-50)57-20-38-66(39-21-57)72(63-32-10-52(3)11-33-63)68-42-24-59(25-43-68)61-28-46-70(47-29-61)74(65-36-14-54(5)15-37-65)71-48-30-62(31-49-71)60-26-44-69(45-27-60)73(64-34-12-53(4)13-35-64)67-40-22-58(23-41-67)56-18-8-51(2)9-19-56;1-48-4-30-61(31-5-48)72(64-36-14-53(15-37-64)51-10-26-59(70)27-11-51)66-40-18-55(19-41-66)57-22-44-68(45-23-57)74(63-34-8-50(3)9-35-63)69-46-24-58(25-47-69)56-20-42-67(43-21-56)73(62-32-6-49(2)7-33-62)65-38-16-54(17-39-65)52-12-28-60(71)29-13-52;/h6-49H,1-5H3;4-47H,1-3H3;1H4. The Morgan fingerprint density at radius 2 is 0.154 bits per heavy atom. The number of hydrogen-bond donors (Lipinski definition) is 0. The molecule has 0 atom stereocenters. The molecule has 0 aromatic heterocycles. The molecular weight excluding hydrogens is 2030 g/mol. The topological polar surface area (TPSA) is 19.4 Å². The molecule has 724 valence electrons. The Balaban J connectivity index is 0.000000179. The molecule has 8 heteroatoms. The van der Waals surface area contributed by atoms with Crippen molar-refractivity contribution >= 4 is 148 Å². The number of aryl methyl sites for hydroxylation is 8. The van der Waals surface area contributed by atoms with Crippen molar-refractivity contribution in [1.82, 2.24) is 0 Å². The number of rotatable bonds is 26. The van der Waals surface area contributed by atoms with Crippen molar-refractivity contribution in [3.05, 3.63) is 585 Å². The van der Waals surface area contributed by atoms with Crippen LogP contribution in [-0.2, 0) is 0 Å². The summed E-state index contributed by atoms with van der Waals surface area (Å²) in [5.41, 5.74) is 48.8. The van der Waals surface area contributed by atoms with Crippen molar-refractivity contribution in [1.29, 1.82) is 0 Å². The summed E-state index contributed by atoms with van der Waals surface area (Å²) in [7, 11) is 0. The molecule has 0 unspecified atom stereocenters. The van der Waals surface area contributed by atoms with Gasteiger partial charge in [0.2, 0.25) is 0 Å². The Bertz CT molecular complexity index is 7260. The Hall–Kier alpha value is -16.9. The van der Waals surface area contributed by atoms with Gasteiger partial charge in [-0.1, -0.05) is 343 Å². The second-order valence-corrected chi connectivity index (χ2v) is 40.8. The molecule has 0 aliphatic carbocycles. The summed E-state index contributed by atoms with van der Waals surface area (Å²) in [5, 5.41) is 0. The SMILES string of the molecule is C.Cc1ccc(-c2ccc(N(c3ccc(C)cc3)c3ccc(-c4ccc(N(c5ccc(C)cc5)c5ccc(-c6ccc(N(c7ccc(C)cc7)c7ccc(-c8ccc(C)cc8)cc7)cc6)cc5)cc4)cc3)cc2)cc1.Cc1ccc(N(c2ccc(-c3ccc(I)cc3)cc2)c2ccc(-c3ccc(N(c4ccc(C)cc4)c4ccc(-c5ccc(N(c6ccc(C)cc6)c6ccc(-c7ccc(I)cc7)cc6)cc5)cc4)cc3)cc2)cc1. The maximum atomic E-state index is 2.36. The number of hydrogen-bond acceptors (Lipinski definition) is 6. The molecule has 149 heavy (non-hydrogen) atoms. The normalized spacial score (nSPS) is 11.0. The highest BCUT2D eigenvalue weighted by Crippen LogP contribution is 2.47. The van der Waals surface area contributed by atoms with E-state index in [1.165, 1.54) is 96.2 Å². The van der Waals surface area contributed by atoms with Gasteiger partial charge in [0.1, 0.15) is 0 Å². The van der Waals surface area contributed by atoms with E-state index in [-0.39, 0.29) is 7.43 Å². The van der Waals surface area contributed by atoms with Gasteiger partial charge in [0, 0.05) is 110 Å². The molecule has 22 aromatic carbocycles. The Labute approximate surface area is 906 Å². The monoisotopic (exact) mass is 2150 g/mol. The Kier molecular flexibility index (Phi) is 30.3. The van der Waals surface area contributed by atoms with Gasteiger partial charge in [-0.05, 0) is 432 Å². The van der Waals surface area contributed by atoms with Gasteiger partial charge < -0.3 is 29.4 Å². The molecular formula is C141H116I2N6. The smallest absolute Gasteiger partial charge is 0.0462 e. The van der Waals surface area contributed by atoms with Crippen LogP contribution in [0.15, 0.2) is 534 Å². The maximum absolute atomic E-state index is 2.36. The molecule has 0 radical (unpaired) electrons. The third kappa shape index (κ3) is 23.2. The number of benzene rings is 22. The minimum absolute atomic E-state index is 0. The number of halogens is 2. The van der Waals surface area contributed by atoms with Crippen molar-refractivity contribution in [3.63, 3.8) is 0 Å². The van der Waals surface area contributed by atoms with Gasteiger partial charge in [-0.15, -0.1) is 0 Å². The zero-order valence-electron chi connectivity index (χ0n) is 84.2. The van der Waals surface area contributed by atoms with Crippen LogP contribution in [0.1, 0.15) is 51.9 Å². The van der Waals surface area contributed by atoms with Gasteiger partial charge in [-0.3, -0.25) is 0 Å². The molecule has 0 amide bonds. The second-order valence-electron chi connectivity index (χ2n) is 38.3. The van der Waals surface area contributed by atoms with Crippen LogP contribution in [0.4, 0.5) is 102 Å². The fraction of sp³-hybridized carbons (Fsp3) is 0.0638. The lowest BCUT2D eigenvalue weighted by Crippen LogP contribution is -2.10. The van der Waals surface area contributed by atoms with Crippen molar-refractivity contribution < 1.29 is 0 Å². The first kappa shape index (κ1) is 99.4. The lowest BCUT2D eigenvalue weighted by Gasteiger charge is -2.27. The van der Waals surface area contributed by atoms with Gasteiger partial charge in [-0.2, -0.15) is 0 Å². The highest BCUT2D eigenvalue weighted by Gasteiger charge is 2.23. The molecule has 0 bridgehead atoms. The minimum atomic E-state index is 0. The summed E-state index contributed by atoms with van der Waals surface area (Å²) in [5.74, 6) is 0. The van der Waals surface area contributed by atoms with Crippen LogP contribution >= 0.6 is 45.2 Å². The first-order chi connectivity index (χ1) is 72.4. The number of anilines is 18. The molecule has 22 aromatic rings. The first-order valence-corrected chi connectivity index (χ1v) is 52.6. The summed E-state index contributed by atoms with van der Waals surface area (Å²) in [6, 6.07) is 195. The molecule has 6 nitrogen and oxygen atoms in total. The fourth-order valence-corrected chi connectivity index (χ4v) is 20.0. The molecule has 0 saturated heterocycles. The zero-order valence-corrected chi connectivity index (χ0v) is 88.6. The van der Waals surface area contributed by atoms with Gasteiger partial charge in [-0.25, -0.2) is 0 Å². The van der Waals surface area contributed by atoms with Crippen molar-refractivity contribution in [2.75, 3.05) is 29.4 Å². The number of nitrogens with zero attached hydrogens (tertiary/aromatic N) is 6. The van der Waals surface area contributed by atoms with Crippen LogP contribution in [0.5, 0.6) is 0 Å². The molecule has 0 fully saturated rings. The average molecular weight is 2150 g/mol. The predicted octanol–water partition coefficient (Wildman–Crippen LogP) is 41.8. The highest BCUT2D eigenvalue weighted by molar-refractivity contribution is 14.1. The Morgan fingerprint density at radius 1 is 0.0940 bits per heavy atom. The van der Waals surface area contributed by atoms with Crippen LogP contribution in [-0.4, -0.2) is 0 Å². The summed E-state index contributed by atoms with van der Waals surface area (Å²) in [6.07, 6.45) is 0. The van der Waals surface area contributed by atoms with Crippen LogP contribution in [0, 0.1) is 62.5 Å². The highest BCUT2D eigenvalue weighted by atomic mass is 127. The van der Waals surface area contributed by atoms with E-state index in [4.69, 9.17) is 0 Å². The summed E-state index contributed by atoms with van der Waals surface area (Å²) in [4.78, 5) is 14.0. The fourth-order valence-electron chi connectivity index (χ4n) is 19.3. The van der Waals surface area contributed by atoms with Gasteiger partial charge in [0.15, 0.2) is 0 Å². The molecule has 22 rings (SSSR count). The molecule has 0 heterocycles. The van der Waals surface area contributed by atoms with E-state index in [1.54, 1.807) is 0 Å². The summed E-state index contributed by atoms with van der Waals surface area (Å²) < 4.78 is 2.47. The molecule has 0 aliphatic rings. The van der Waals surface area contributed by atoms with E-state index in [2.05, 4.69) is 664 Å². The first-order valence-electron chi connectivity index (χ1n) is 50.5. The van der Waals surface area contributed by atoms with Gasteiger partial charge in [0.05, 0.1) is 0 Å². The van der Waals surface area contributed by atoms with Crippen LogP contribution in [0.3, 0.4) is 0 Å². The van der Waals surface area contributed by atoms with E-state index >= 15 is 0 Å². The van der Waals surface area contributed by atoms with Crippen LogP contribution < -0.4 is 29.4 Å². The van der Waals surface area contributed by atoms with Gasteiger partial charge in [0.25, 0.3) is 0 Å². The van der Waals surface area contributed by atoms with Gasteiger partial charge >= 0.3 is 0 Å². The largest absolute Gasteiger partial charge is 0.311 e. The molecule has 0 aliphatic heterocycles. The maximum Gasteiger partial charge on any atom is 0.0462 e. The van der Waals surface area contributed by atoms with E-state index in [0.717, 1.165) is 147 Å². The minimum Gasteiger partial charge on any atom is -0.311 e. The lowest BCUT2D eigenvalue weighted by molar-refractivity contribution is 1.27. The van der Waals surface area contributed by atoms with E-state index < -0.39 is 0 Å². The van der Waals surface area contributed by atoms with Crippen molar-refractivity contribution in [2.45, 2.75) is 62.8 Å². The lowest BCUT2D eigenvalue weighted by atomic mass is 10.0. The summed E-state index contributed by atoms with van der Waals surface area (Å²) in [6.45, 7) is 17.1. The third-order valence-electron chi connectivity index (χ3n) is 27.7.